The molecule has 2 atom stereocenters. The van der Waals surface area contributed by atoms with Crippen molar-refractivity contribution in [2.24, 2.45) is 5.92 Å². The number of benzene rings is 2. The monoisotopic (exact) mass is 416 g/mol. The number of carbonyl (C=O) groups is 1. The average Bonchev–Trinajstić information content (AvgIpc) is 3.18. The Balaban J connectivity index is 1.35. The van der Waals surface area contributed by atoms with Crippen LogP contribution in [0.15, 0.2) is 60.9 Å². The molecule has 1 saturated heterocycles. The Hall–Kier alpha value is -3.08. The molecule has 1 aliphatic rings. The highest BCUT2D eigenvalue weighted by atomic mass is 16.1. The number of amides is 1. The van der Waals surface area contributed by atoms with Crippen LogP contribution in [0.4, 0.5) is 5.69 Å². The van der Waals surface area contributed by atoms with Crippen LogP contribution in [0.3, 0.4) is 0 Å². The molecule has 1 aromatic heterocycles. The predicted octanol–water partition coefficient (Wildman–Crippen LogP) is 4.97. The maximum Gasteiger partial charge on any atom is 0.251 e. The summed E-state index contributed by atoms with van der Waals surface area (Å²) in [5.41, 5.74) is 4.22. The largest absolute Gasteiger partial charge is 0.371 e. The highest BCUT2D eigenvalue weighted by molar-refractivity contribution is 5.94. The maximum absolute atomic E-state index is 12.7. The molecule has 2 aromatic carbocycles. The molecule has 1 aliphatic heterocycles. The van der Waals surface area contributed by atoms with Crippen LogP contribution in [0.2, 0.25) is 0 Å². The summed E-state index contributed by atoms with van der Waals surface area (Å²) in [6, 6.07) is 16.4. The number of aryl methyl sites for hydroxylation is 1. The molecule has 0 aliphatic carbocycles. The standard InChI is InChI=1S/C26H32N4O/c1-19-5-4-15-30(17-19)25-12-10-23(11-13-25)20(2)28-26(31)24-8-6-22(7-9-24)18-29-16-14-27-21(29)3/h6-14,16,19-20H,4-5,15,17-18H2,1-3H3,(H,28,31)/t19-,20-/m0/s1. The van der Waals surface area contributed by atoms with Crippen molar-refractivity contribution < 1.29 is 4.79 Å². The van der Waals surface area contributed by atoms with Crippen LogP contribution in [-0.2, 0) is 6.54 Å². The van der Waals surface area contributed by atoms with E-state index in [0.717, 1.165) is 42.5 Å². The van der Waals surface area contributed by atoms with Crippen molar-refractivity contribution in [3.63, 3.8) is 0 Å². The van der Waals surface area contributed by atoms with E-state index in [4.69, 9.17) is 0 Å². The van der Waals surface area contributed by atoms with Gasteiger partial charge in [0.1, 0.15) is 5.82 Å². The molecule has 0 bridgehead atoms. The molecule has 1 fully saturated rings. The number of rotatable bonds is 6. The lowest BCUT2D eigenvalue weighted by Crippen LogP contribution is -2.34. The first-order valence-electron chi connectivity index (χ1n) is 11.2. The number of nitrogens with zero attached hydrogens (tertiary/aromatic N) is 3. The summed E-state index contributed by atoms with van der Waals surface area (Å²) in [4.78, 5) is 19.4. The fraction of sp³-hybridized carbons (Fsp3) is 0.385. The summed E-state index contributed by atoms with van der Waals surface area (Å²) >= 11 is 0. The van der Waals surface area contributed by atoms with Crippen molar-refractivity contribution in [2.45, 2.75) is 46.2 Å². The molecule has 31 heavy (non-hydrogen) atoms. The summed E-state index contributed by atoms with van der Waals surface area (Å²) in [6.07, 6.45) is 6.35. The molecular formula is C26H32N4O. The summed E-state index contributed by atoms with van der Waals surface area (Å²) in [7, 11) is 0. The Morgan fingerprint density at radius 2 is 1.90 bits per heavy atom. The van der Waals surface area contributed by atoms with Gasteiger partial charge in [-0.1, -0.05) is 31.2 Å². The van der Waals surface area contributed by atoms with Gasteiger partial charge in [-0.25, -0.2) is 4.98 Å². The Bertz CT molecular complexity index is 1010. The third-order valence-corrected chi connectivity index (χ3v) is 6.26. The first kappa shape index (κ1) is 21.2. The summed E-state index contributed by atoms with van der Waals surface area (Å²) in [6.45, 7) is 9.36. The van der Waals surface area contributed by atoms with Crippen LogP contribution < -0.4 is 10.2 Å². The van der Waals surface area contributed by atoms with Gasteiger partial charge in [-0.15, -0.1) is 0 Å². The molecular weight excluding hydrogens is 384 g/mol. The molecule has 1 amide bonds. The van der Waals surface area contributed by atoms with Gasteiger partial charge in [0.25, 0.3) is 5.91 Å². The SMILES string of the molecule is Cc1nccn1Cc1ccc(C(=O)N[C@@H](C)c2ccc(N3CCC[C@H](C)C3)cc2)cc1. The first-order chi connectivity index (χ1) is 15.0. The third-order valence-electron chi connectivity index (χ3n) is 6.26. The van der Waals surface area contributed by atoms with Crippen LogP contribution in [0.25, 0.3) is 0 Å². The Labute approximate surface area is 185 Å². The van der Waals surface area contributed by atoms with E-state index in [0.29, 0.717) is 5.56 Å². The number of imidazole rings is 1. The second kappa shape index (κ2) is 9.38. The van der Waals surface area contributed by atoms with Gasteiger partial charge in [0.05, 0.1) is 6.04 Å². The minimum absolute atomic E-state index is 0.0462. The summed E-state index contributed by atoms with van der Waals surface area (Å²) in [5, 5.41) is 3.12. The van der Waals surface area contributed by atoms with Gasteiger partial charge >= 0.3 is 0 Å². The van der Waals surface area contributed by atoms with Gasteiger partial charge < -0.3 is 14.8 Å². The van der Waals surface area contributed by atoms with Gasteiger partial charge in [0.15, 0.2) is 0 Å². The fourth-order valence-electron chi connectivity index (χ4n) is 4.29. The van der Waals surface area contributed by atoms with Gasteiger partial charge in [-0.3, -0.25) is 4.79 Å². The number of hydrogen-bond donors (Lipinski definition) is 1. The molecule has 5 nitrogen and oxygen atoms in total. The van der Waals surface area contributed by atoms with Crippen molar-refractivity contribution in [3.05, 3.63) is 83.4 Å². The molecule has 162 valence electrons. The highest BCUT2D eigenvalue weighted by Crippen LogP contribution is 2.24. The van der Waals surface area contributed by atoms with E-state index in [2.05, 4.69) is 51.0 Å². The number of aromatic nitrogens is 2. The summed E-state index contributed by atoms with van der Waals surface area (Å²) < 4.78 is 2.09. The number of piperidine rings is 1. The lowest BCUT2D eigenvalue weighted by molar-refractivity contribution is 0.0940. The zero-order valence-electron chi connectivity index (χ0n) is 18.7. The van der Waals surface area contributed by atoms with E-state index < -0.39 is 0 Å². The van der Waals surface area contributed by atoms with Crippen LogP contribution >= 0.6 is 0 Å². The molecule has 4 rings (SSSR count). The molecule has 1 N–H and O–H groups in total. The smallest absolute Gasteiger partial charge is 0.251 e. The van der Waals surface area contributed by atoms with Crippen molar-refractivity contribution in [2.75, 3.05) is 18.0 Å². The number of anilines is 1. The Kier molecular flexibility index (Phi) is 6.40. The second-order valence-corrected chi connectivity index (χ2v) is 8.78. The quantitative estimate of drug-likeness (QED) is 0.617. The minimum atomic E-state index is -0.0493. The van der Waals surface area contributed by atoms with Crippen molar-refractivity contribution in [3.8, 4) is 0 Å². The predicted molar refractivity (Wildman–Crippen MR) is 125 cm³/mol. The normalized spacial score (nSPS) is 17.4. The molecule has 2 heterocycles. The van der Waals surface area contributed by atoms with E-state index >= 15 is 0 Å². The molecule has 0 spiro atoms. The Morgan fingerprint density at radius 3 is 2.55 bits per heavy atom. The van der Waals surface area contributed by atoms with E-state index in [9.17, 15) is 4.79 Å². The summed E-state index contributed by atoms with van der Waals surface area (Å²) in [5.74, 6) is 1.69. The average molecular weight is 417 g/mol. The van der Waals surface area contributed by atoms with Gasteiger partial charge in [-0.05, 0) is 68.0 Å². The van der Waals surface area contributed by atoms with E-state index in [-0.39, 0.29) is 11.9 Å². The van der Waals surface area contributed by atoms with E-state index in [1.54, 1.807) is 6.20 Å². The van der Waals surface area contributed by atoms with E-state index in [1.165, 1.54) is 18.5 Å². The first-order valence-corrected chi connectivity index (χ1v) is 11.2. The van der Waals surface area contributed by atoms with Crippen LogP contribution in [0, 0.1) is 12.8 Å². The highest BCUT2D eigenvalue weighted by Gasteiger charge is 2.17. The molecule has 0 saturated carbocycles. The van der Waals surface area contributed by atoms with Crippen LogP contribution in [0.1, 0.15) is 60.0 Å². The number of carbonyl (C=O) groups excluding carboxylic acids is 1. The Morgan fingerprint density at radius 1 is 1.16 bits per heavy atom. The molecule has 0 unspecified atom stereocenters. The van der Waals surface area contributed by atoms with Crippen LogP contribution in [-0.4, -0.2) is 28.5 Å². The maximum atomic E-state index is 12.7. The zero-order valence-corrected chi connectivity index (χ0v) is 18.7. The minimum Gasteiger partial charge on any atom is -0.371 e. The van der Waals surface area contributed by atoms with Crippen molar-refractivity contribution in [1.29, 1.82) is 0 Å². The number of hydrogen-bond acceptors (Lipinski definition) is 3. The molecule has 5 heteroatoms. The molecule has 3 aromatic rings. The second-order valence-electron chi connectivity index (χ2n) is 8.78. The van der Waals surface area contributed by atoms with Crippen LogP contribution in [0.5, 0.6) is 0 Å². The lowest BCUT2D eigenvalue weighted by Gasteiger charge is -2.33. The zero-order chi connectivity index (χ0) is 21.8. The lowest BCUT2D eigenvalue weighted by atomic mass is 9.99. The third kappa shape index (κ3) is 5.16. The topological polar surface area (TPSA) is 50.2 Å². The van der Waals surface area contributed by atoms with Gasteiger partial charge in [-0.2, -0.15) is 0 Å². The van der Waals surface area contributed by atoms with Crippen molar-refractivity contribution >= 4 is 11.6 Å². The number of nitrogens with one attached hydrogen (secondary N) is 1. The van der Waals surface area contributed by atoms with Crippen molar-refractivity contribution in [1.82, 2.24) is 14.9 Å². The van der Waals surface area contributed by atoms with E-state index in [1.807, 2.05) is 44.3 Å². The fourth-order valence-corrected chi connectivity index (χ4v) is 4.29. The van der Waals surface area contributed by atoms with Gasteiger partial charge in [0, 0.05) is 43.3 Å². The molecule has 0 radical (unpaired) electrons. The van der Waals surface area contributed by atoms with Gasteiger partial charge in [0.2, 0.25) is 0 Å².